The summed E-state index contributed by atoms with van der Waals surface area (Å²) < 4.78 is 11.5. The minimum Gasteiger partial charge on any atom is -0.490 e. The van der Waals surface area contributed by atoms with Crippen molar-refractivity contribution in [2.75, 3.05) is 19.8 Å². The van der Waals surface area contributed by atoms with Crippen LogP contribution in [0.1, 0.15) is 61.6 Å². The molecule has 2 aromatic rings. The molecule has 1 unspecified atom stereocenters. The van der Waals surface area contributed by atoms with Crippen LogP contribution in [0.4, 0.5) is 0 Å². The van der Waals surface area contributed by atoms with Crippen LogP contribution < -0.4 is 9.47 Å². The average Bonchev–Trinajstić information content (AvgIpc) is 3.20. The predicted octanol–water partition coefficient (Wildman–Crippen LogP) is 5.29. The van der Waals surface area contributed by atoms with Crippen molar-refractivity contribution < 1.29 is 14.3 Å². The molecular weight excluding hydrogens is 376 g/mol. The van der Waals surface area contributed by atoms with Crippen molar-refractivity contribution in [3.8, 4) is 11.5 Å². The molecule has 28 heavy (non-hydrogen) atoms. The quantitative estimate of drug-likeness (QED) is 0.563. The second-order valence-corrected chi connectivity index (χ2v) is 7.24. The molecule has 150 valence electrons. The first kappa shape index (κ1) is 20.5. The number of hydrogen-bond donors (Lipinski definition) is 0. The van der Waals surface area contributed by atoms with E-state index in [1.165, 1.54) is 0 Å². The Labute approximate surface area is 171 Å². The van der Waals surface area contributed by atoms with Crippen LogP contribution in [0.3, 0.4) is 0 Å². The van der Waals surface area contributed by atoms with Crippen molar-refractivity contribution in [1.82, 2.24) is 9.88 Å². The maximum Gasteiger partial charge on any atom is 0.254 e. The molecule has 1 aliphatic heterocycles. The number of amides is 1. The summed E-state index contributed by atoms with van der Waals surface area (Å²) in [6.07, 6.45) is 5.59. The molecule has 1 aromatic carbocycles. The predicted molar refractivity (Wildman–Crippen MR) is 110 cm³/mol. The minimum absolute atomic E-state index is 0.0106. The van der Waals surface area contributed by atoms with Crippen LogP contribution in [-0.2, 0) is 0 Å². The van der Waals surface area contributed by atoms with Gasteiger partial charge in [-0.2, -0.15) is 0 Å². The zero-order chi connectivity index (χ0) is 19.9. The number of hydrogen-bond acceptors (Lipinski definition) is 4. The summed E-state index contributed by atoms with van der Waals surface area (Å²) in [6.45, 7) is 5.74. The minimum atomic E-state index is -0.0592. The largest absolute Gasteiger partial charge is 0.490 e. The number of benzene rings is 1. The zero-order valence-electron chi connectivity index (χ0n) is 16.5. The number of aromatic nitrogens is 1. The summed E-state index contributed by atoms with van der Waals surface area (Å²) in [4.78, 5) is 19.6. The number of rotatable bonds is 8. The van der Waals surface area contributed by atoms with Gasteiger partial charge in [0.15, 0.2) is 11.5 Å². The molecule has 1 saturated heterocycles. The van der Waals surface area contributed by atoms with Crippen LogP contribution in [0.2, 0.25) is 5.02 Å². The third-order valence-electron chi connectivity index (χ3n) is 4.84. The van der Waals surface area contributed by atoms with Crippen molar-refractivity contribution in [2.45, 2.75) is 45.6 Å². The van der Waals surface area contributed by atoms with E-state index in [1.54, 1.807) is 18.3 Å². The second kappa shape index (κ2) is 9.78. The van der Waals surface area contributed by atoms with E-state index in [-0.39, 0.29) is 11.9 Å². The molecule has 1 amide bonds. The van der Waals surface area contributed by atoms with Crippen LogP contribution in [0.5, 0.6) is 11.5 Å². The topological polar surface area (TPSA) is 51.7 Å². The maximum atomic E-state index is 13.3. The van der Waals surface area contributed by atoms with Gasteiger partial charge < -0.3 is 14.4 Å². The lowest BCUT2D eigenvalue weighted by molar-refractivity contribution is 0.0732. The van der Waals surface area contributed by atoms with E-state index in [0.29, 0.717) is 41.8 Å². The van der Waals surface area contributed by atoms with Gasteiger partial charge in [0.2, 0.25) is 0 Å². The normalized spacial score (nSPS) is 16.2. The van der Waals surface area contributed by atoms with Crippen LogP contribution in [-0.4, -0.2) is 35.5 Å². The van der Waals surface area contributed by atoms with Crippen LogP contribution >= 0.6 is 11.6 Å². The summed E-state index contributed by atoms with van der Waals surface area (Å²) in [5.74, 6) is 0.968. The number of unbranched alkanes of at least 4 members (excludes halogenated alkanes) is 1. The van der Waals surface area contributed by atoms with Gasteiger partial charge in [-0.05, 0) is 50.5 Å². The van der Waals surface area contributed by atoms with Crippen molar-refractivity contribution in [2.24, 2.45) is 0 Å². The molecule has 0 N–H and O–H groups in total. The lowest BCUT2D eigenvalue weighted by Crippen LogP contribution is -2.31. The summed E-state index contributed by atoms with van der Waals surface area (Å²) in [5.41, 5.74) is 1.43. The third kappa shape index (κ3) is 4.58. The summed E-state index contributed by atoms with van der Waals surface area (Å²) in [6, 6.07) is 9.23. The van der Waals surface area contributed by atoms with Gasteiger partial charge in [0.25, 0.3) is 5.91 Å². The first-order chi connectivity index (χ1) is 13.7. The molecule has 0 bridgehead atoms. The number of ether oxygens (including phenoxy) is 2. The van der Waals surface area contributed by atoms with E-state index < -0.39 is 0 Å². The highest BCUT2D eigenvalue weighted by atomic mass is 35.5. The van der Waals surface area contributed by atoms with Gasteiger partial charge in [0.05, 0.1) is 30.0 Å². The summed E-state index contributed by atoms with van der Waals surface area (Å²) in [7, 11) is 0. The van der Waals surface area contributed by atoms with Crippen LogP contribution in [0.25, 0.3) is 0 Å². The Morgan fingerprint density at radius 2 is 2.14 bits per heavy atom. The first-order valence-corrected chi connectivity index (χ1v) is 10.3. The van der Waals surface area contributed by atoms with Crippen molar-refractivity contribution in [1.29, 1.82) is 0 Å². The molecule has 0 radical (unpaired) electrons. The molecule has 5 nitrogen and oxygen atoms in total. The summed E-state index contributed by atoms with van der Waals surface area (Å²) >= 11 is 6.47. The molecule has 3 rings (SSSR count). The molecule has 0 saturated carbocycles. The number of carbonyl (C=O) groups excluding carboxylic acids is 1. The van der Waals surface area contributed by atoms with Gasteiger partial charge in [-0.3, -0.25) is 9.78 Å². The van der Waals surface area contributed by atoms with Crippen LogP contribution in [0, 0.1) is 0 Å². The second-order valence-electron chi connectivity index (χ2n) is 6.83. The van der Waals surface area contributed by atoms with Crippen molar-refractivity contribution in [3.05, 3.63) is 52.8 Å². The van der Waals surface area contributed by atoms with Crippen molar-refractivity contribution >= 4 is 17.5 Å². The van der Waals surface area contributed by atoms with Crippen molar-refractivity contribution in [3.63, 3.8) is 0 Å². The molecular formula is C22H27ClN2O3. The standard InChI is InChI=1S/C22H27ClN2O3/c1-3-5-13-28-21-17(23)14-16(15-20(21)27-4-2)22(26)25-12-8-10-19(25)18-9-6-7-11-24-18/h6-7,9,11,14-15,19H,3-5,8,10,12-13H2,1-2H3. The molecule has 1 aromatic heterocycles. The molecule has 0 spiro atoms. The third-order valence-corrected chi connectivity index (χ3v) is 5.12. The number of nitrogens with zero attached hydrogens (tertiary/aromatic N) is 2. The Kier molecular flexibility index (Phi) is 7.15. The van der Waals surface area contributed by atoms with Gasteiger partial charge in [0, 0.05) is 18.3 Å². The SMILES string of the molecule is CCCCOc1c(Cl)cc(C(=O)N2CCCC2c2ccccn2)cc1OCC. The van der Waals surface area contributed by atoms with E-state index >= 15 is 0 Å². The number of halogens is 1. The van der Waals surface area contributed by atoms with Gasteiger partial charge >= 0.3 is 0 Å². The monoisotopic (exact) mass is 402 g/mol. The van der Waals surface area contributed by atoms with E-state index in [0.717, 1.165) is 31.4 Å². The molecule has 2 heterocycles. The Morgan fingerprint density at radius 1 is 1.29 bits per heavy atom. The smallest absolute Gasteiger partial charge is 0.254 e. The number of likely N-dealkylation sites (tertiary alicyclic amines) is 1. The zero-order valence-corrected chi connectivity index (χ0v) is 17.2. The fraction of sp³-hybridized carbons (Fsp3) is 0.455. The average molecular weight is 403 g/mol. The maximum absolute atomic E-state index is 13.3. The highest BCUT2D eigenvalue weighted by Crippen LogP contribution is 2.39. The Bertz CT molecular complexity index is 798. The van der Waals surface area contributed by atoms with E-state index in [9.17, 15) is 4.79 Å². The van der Waals surface area contributed by atoms with Gasteiger partial charge in [0.1, 0.15) is 0 Å². The van der Waals surface area contributed by atoms with Gasteiger partial charge in [-0.1, -0.05) is 31.0 Å². The van der Waals surface area contributed by atoms with E-state index in [1.807, 2.05) is 30.0 Å². The Morgan fingerprint density at radius 3 is 2.86 bits per heavy atom. The van der Waals surface area contributed by atoms with Gasteiger partial charge in [-0.15, -0.1) is 0 Å². The highest BCUT2D eigenvalue weighted by molar-refractivity contribution is 6.32. The summed E-state index contributed by atoms with van der Waals surface area (Å²) in [5, 5.41) is 0.402. The number of pyridine rings is 1. The molecule has 1 atom stereocenters. The fourth-order valence-corrected chi connectivity index (χ4v) is 3.73. The first-order valence-electron chi connectivity index (χ1n) is 9.96. The van der Waals surface area contributed by atoms with E-state index in [4.69, 9.17) is 21.1 Å². The molecule has 0 aliphatic carbocycles. The van der Waals surface area contributed by atoms with Gasteiger partial charge in [-0.25, -0.2) is 0 Å². The lowest BCUT2D eigenvalue weighted by atomic mass is 10.1. The van der Waals surface area contributed by atoms with E-state index in [2.05, 4.69) is 11.9 Å². The Hall–Kier alpha value is -2.27. The lowest BCUT2D eigenvalue weighted by Gasteiger charge is -2.25. The molecule has 1 aliphatic rings. The van der Waals surface area contributed by atoms with Crippen LogP contribution in [0.15, 0.2) is 36.5 Å². The fourth-order valence-electron chi connectivity index (χ4n) is 3.47. The molecule has 6 heteroatoms. The highest BCUT2D eigenvalue weighted by Gasteiger charge is 2.32. The Balaban J connectivity index is 1.86. The number of carbonyl (C=O) groups is 1. The molecule has 1 fully saturated rings.